The summed E-state index contributed by atoms with van der Waals surface area (Å²) in [5.74, 6) is 0.692. The van der Waals surface area contributed by atoms with Crippen LogP contribution in [0, 0.1) is 5.92 Å². The van der Waals surface area contributed by atoms with E-state index >= 15 is 0 Å². The van der Waals surface area contributed by atoms with Crippen molar-refractivity contribution in [1.29, 1.82) is 0 Å². The lowest BCUT2D eigenvalue weighted by atomic mass is 9.82. The molecule has 14 heavy (non-hydrogen) atoms. The fourth-order valence-corrected chi connectivity index (χ4v) is 1.56. The molecule has 1 saturated carbocycles. The number of carbonyl (C=O) groups excluding carboxylic acids is 1. The van der Waals surface area contributed by atoms with Crippen LogP contribution in [-0.2, 0) is 4.79 Å². The van der Waals surface area contributed by atoms with Crippen molar-refractivity contribution < 1.29 is 9.90 Å². The van der Waals surface area contributed by atoms with Gasteiger partial charge in [-0.25, -0.2) is 0 Å². The van der Waals surface area contributed by atoms with E-state index in [-0.39, 0.29) is 12.0 Å². The maximum atomic E-state index is 11.3. The van der Waals surface area contributed by atoms with Crippen LogP contribution in [0.25, 0.3) is 0 Å². The van der Waals surface area contributed by atoms with E-state index in [1.807, 2.05) is 6.92 Å². The molecular formula is C10H20N2O2. The van der Waals surface area contributed by atoms with Crippen LogP contribution >= 0.6 is 0 Å². The summed E-state index contributed by atoms with van der Waals surface area (Å²) in [6, 6.07) is 0. The summed E-state index contributed by atoms with van der Waals surface area (Å²) in [5.41, 5.74) is 0. The zero-order valence-corrected chi connectivity index (χ0v) is 8.99. The van der Waals surface area contributed by atoms with E-state index in [0.29, 0.717) is 12.5 Å². The van der Waals surface area contributed by atoms with Gasteiger partial charge in [0, 0.05) is 13.6 Å². The van der Waals surface area contributed by atoms with Gasteiger partial charge in [-0.3, -0.25) is 4.79 Å². The lowest BCUT2D eigenvalue weighted by Gasteiger charge is -2.31. The predicted molar refractivity (Wildman–Crippen MR) is 54.9 cm³/mol. The topological polar surface area (TPSA) is 52.6 Å². The molecule has 1 amide bonds. The number of aliphatic hydroxyl groups excluding tert-OH is 1. The molecule has 2 N–H and O–H groups in total. The van der Waals surface area contributed by atoms with Crippen molar-refractivity contribution in [2.45, 2.75) is 25.9 Å². The number of aliphatic hydroxyl groups is 1. The smallest absolute Gasteiger partial charge is 0.236 e. The largest absolute Gasteiger partial charge is 0.393 e. The molecule has 1 aliphatic rings. The van der Waals surface area contributed by atoms with E-state index in [4.69, 9.17) is 5.11 Å². The fourth-order valence-electron chi connectivity index (χ4n) is 1.56. The monoisotopic (exact) mass is 200 g/mol. The molecule has 4 nitrogen and oxygen atoms in total. The Morgan fingerprint density at radius 3 is 2.71 bits per heavy atom. The lowest BCUT2D eigenvalue weighted by Crippen LogP contribution is -2.41. The molecule has 0 spiro atoms. The first kappa shape index (κ1) is 11.5. The first-order chi connectivity index (χ1) is 6.63. The van der Waals surface area contributed by atoms with Gasteiger partial charge < -0.3 is 15.3 Å². The summed E-state index contributed by atoms with van der Waals surface area (Å²) in [4.78, 5) is 13.0. The first-order valence-electron chi connectivity index (χ1n) is 5.26. The van der Waals surface area contributed by atoms with E-state index in [1.54, 1.807) is 11.9 Å². The Hall–Kier alpha value is -0.610. The molecule has 0 aromatic heterocycles. The molecule has 0 unspecified atom stereocenters. The summed E-state index contributed by atoms with van der Waals surface area (Å²) in [5, 5.41) is 12.2. The maximum Gasteiger partial charge on any atom is 0.236 e. The molecule has 0 heterocycles. The summed E-state index contributed by atoms with van der Waals surface area (Å²) in [7, 11) is 1.80. The first-order valence-corrected chi connectivity index (χ1v) is 5.26. The highest BCUT2D eigenvalue weighted by atomic mass is 16.3. The average Bonchev–Trinajstić information content (AvgIpc) is 2.13. The number of rotatable bonds is 5. The van der Waals surface area contributed by atoms with Crippen LogP contribution in [0.1, 0.15) is 19.8 Å². The van der Waals surface area contributed by atoms with E-state index < -0.39 is 0 Å². The molecule has 0 saturated heterocycles. The van der Waals surface area contributed by atoms with Crippen molar-refractivity contribution >= 4 is 5.91 Å². The van der Waals surface area contributed by atoms with Gasteiger partial charge in [0.15, 0.2) is 0 Å². The number of hydrogen-bond donors (Lipinski definition) is 2. The zero-order valence-electron chi connectivity index (χ0n) is 8.99. The Balaban J connectivity index is 2.01. The molecule has 1 rings (SSSR count). The molecule has 1 fully saturated rings. The lowest BCUT2D eigenvalue weighted by molar-refractivity contribution is -0.128. The van der Waals surface area contributed by atoms with Gasteiger partial charge in [-0.1, -0.05) is 0 Å². The second kappa shape index (κ2) is 5.32. The second-order valence-electron chi connectivity index (χ2n) is 4.03. The molecule has 0 atom stereocenters. The van der Waals surface area contributed by atoms with Gasteiger partial charge in [-0.2, -0.15) is 0 Å². The van der Waals surface area contributed by atoms with Crippen LogP contribution in [0.5, 0.6) is 0 Å². The molecule has 0 aliphatic heterocycles. The standard InChI is InChI=1S/C10H20N2O2/c1-3-12(2)10(14)7-11-6-8-4-9(13)5-8/h8-9,11,13H,3-7H2,1-2H3. The van der Waals surface area contributed by atoms with Crippen LogP contribution < -0.4 is 5.32 Å². The number of hydrogen-bond acceptors (Lipinski definition) is 3. The Kier molecular flexibility index (Phi) is 4.35. The number of likely N-dealkylation sites (N-methyl/N-ethyl adjacent to an activating group) is 1. The molecule has 0 aromatic carbocycles. The van der Waals surface area contributed by atoms with Crippen LogP contribution in [0.4, 0.5) is 0 Å². The van der Waals surface area contributed by atoms with Gasteiger partial charge in [0.25, 0.3) is 0 Å². The van der Waals surface area contributed by atoms with Gasteiger partial charge >= 0.3 is 0 Å². The van der Waals surface area contributed by atoms with E-state index in [9.17, 15) is 4.79 Å². The van der Waals surface area contributed by atoms with Crippen LogP contribution in [0.15, 0.2) is 0 Å². The minimum atomic E-state index is -0.101. The van der Waals surface area contributed by atoms with E-state index in [1.165, 1.54) is 0 Å². The summed E-state index contributed by atoms with van der Waals surface area (Å²) >= 11 is 0. The maximum absolute atomic E-state index is 11.3. The molecule has 0 bridgehead atoms. The summed E-state index contributed by atoms with van der Waals surface area (Å²) < 4.78 is 0. The molecule has 1 aliphatic carbocycles. The summed E-state index contributed by atoms with van der Waals surface area (Å²) in [6.07, 6.45) is 1.66. The molecular weight excluding hydrogens is 180 g/mol. The predicted octanol–water partition coefficient (Wildman–Crippen LogP) is -0.175. The number of nitrogens with one attached hydrogen (secondary N) is 1. The third-order valence-electron chi connectivity index (χ3n) is 2.82. The molecule has 82 valence electrons. The third kappa shape index (κ3) is 3.27. The SMILES string of the molecule is CCN(C)C(=O)CNCC1CC(O)C1. The second-order valence-corrected chi connectivity index (χ2v) is 4.03. The van der Waals surface area contributed by atoms with Crippen molar-refractivity contribution in [1.82, 2.24) is 10.2 Å². The minimum Gasteiger partial charge on any atom is -0.393 e. The van der Waals surface area contributed by atoms with Crippen LogP contribution in [0.2, 0.25) is 0 Å². The van der Waals surface area contributed by atoms with Gasteiger partial charge in [-0.05, 0) is 32.2 Å². The highest BCUT2D eigenvalue weighted by molar-refractivity contribution is 5.77. The molecule has 0 aromatic rings. The Labute approximate surface area is 85.3 Å². The van der Waals surface area contributed by atoms with E-state index in [2.05, 4.69) is 5.32 Å². The van der Waals surface area contributed by atoms with Crippen molar-refractivity contribution in [3.05, 3.63) is 0 Å². The average molecular weight is 200 g/mol. The summed E-state index contributed by atoms with van der Waals surface area (Å²) in [6.45, 7) is 3.97. The Morgan fingerprint density at radius 2 is 2.21 bits per heavy atom. The van der Waals surface area contributed by atoms with Crippen molar-refractivity contribution in [2.24, 2.45) is 5.92 Å². The number of nitrogens with zero attached hydrogens (tertiary/aromatic N) is 1. The highest BCUT2D eigenvalue weighted by Crippen LogP contribution is 2.25. The zero-order chi connectivity index (χ0) is 10.6. The minimum absolute atomic E-state index is 0.101. The van der Waals surface area contributed by atoms with Gasteiger partial charge in [0.2, 0.25) is 5.91 Å². The number of amides is 1. The fraction of sp³-hybridized carbons (Fsp3) is 0.900. The molecule has 0 radical (unpaired) electrons. The van der Waals surface area contributed by atoms with Gasteiger partial charge in [-0.15, -0.1) is 0 Å². The van der Waals surface area contributed by atoms with Gasteiger partial charge in [0.1, 0.15) is 0 Å². The quantitative estimate of drug-likeness (QED) is 0.647. The third-order valence-corrected chi connectivity index (χ3v) is 2.82. The Morgan fingerprint density at radius 1 is 1.57 bits per heavy atom. The van der Waals surface area contributed by atoms with Crippen LogP contribution in [-0.4, -0.2) is 48.7 Å². The highest BCUT2D eigenvalue weighted by Gasteiger charge is 2.26. The van der Waals surface area contributed by atoms with Crippen molar-refractivity contribution in [3.8, 4) is 0 Å². The van der Waals surface area contributed by atoms with Crippen LogP contribution in [0.3, 0.4) is 0 Å². The Bertz CT molecular complexity index is 191. The van der Waals surface area contributed by atoms with E-state index in [0.717, 1.165) is 25.9 Å². The van der Waals surface area contributed by atoms with Crippen molar-refractivity contribution in [3.63, 3.8) is 0 Å². The van der Waals surface area contributed by atoms with Gasteiger partial charge in [0.05, 0.1) is 12.6 Å². The molecule has 4 heteroatoms. The number of carbonyl (C=O) groups is 1. The van der Waals surface area contributed by atoms with Crippen molar-refractivity contribution in [2.75, 3.05) is 26.7 Å². The normalized spacial score (nSPS) is 25.6.